The molecule has 16 heavy (non-hydrogen) atoms. The first-order chi connectivity index (χ1) is 7.59. The first kappa shape index (κ1) is 10.5. The number of carboxylic acid groups (broad SMARTS) is 1. The lowest BCUT2D eigenvalue weighted by Gasteiger charge is -2.14. The van der Waals surface area contributed by atoms with Gasteiger partial charge in [0.05, 0.1) is 12.2 Å². The second kappa shape index (κ2) is 3.84. The molecule has 1 saturated heterocycles. The Morgan fingerprint density at radius 2 is 2.19 bits per heavy atom. The molecule has 1 amide bonds. The monoisotopic (exact) mass is 221 g/mol. The van der Waals surface area contributed by atoms with Gasteiger partial charge in [-0.25, -0.2) is 9.59 Å². The number of benzene rings is 1. The number of para-hydroxylation sites is 1. The normalized spacial score (nSPS) is 19.7. The molecule has 5 nitrogen and oxygen atoms in total. The topological polar surface area (TPSA) is 66.8 Å². The fourth-order valence-corrected chi connectivity index (χ4v) is 1.65. The van der Waals surface area contributed by atoms with E-state index in [1.165, 1.54) is 4.90 Å². The molecule has 2 rings (SSSR count). The summed E-state index contributed by atoms with van der Waals surface area (Å²) in [4.78, 5) is 23.5. The van der Waals surface area contributed by atoms with Gasteiger partial charge in [-0.15, -0.1) is 0 Å². The van der Waals surface area contributed by atoms with E-state index in [-0.39, 0.29) is 6.54 Å². The summed E-state index contributed by atoms with van der Waals surface area (Å²) in [5.74, 6) is -1.12. The number of ether oxygens (including phenoxy) is 1. The Morgan fingerprint density at radius 1 is 1.50 bits per heavy atom. The van der Waals surface area contributed by atoms with Crippen LogP contribution in [0.15, 0.2) is 24.3 Å². The van der Waals surface area contributed by atoms with E-state index in [9.17, 15) is 9.59 Å². The molecule has 0 unspecified atom stereocenters. The van der Waals surface area contributed by atoms with Crippen molar-refractivity contribution < 1.29 is 19.4 Å². The standard InChI is InChI=1S/C11H11NO4/c1-7-4-2-3-5-8(7)12-6-9(10(13)14)16-11(12)15/h2-5,9H,6H2,1H3,(H,13,14)/t9-/m1/s1. The third-order valence-electron chi connectivity index (χ3n) is 2.49. The van der Waals surface area contributed by atoms with Gasteiger partial charge in [-0.05, 0) is 18.6 Å². The molecule has 5 heteroatoms. The zero-order valence-electron chi connectivity index (χ0n) is 8.71. The van der Waals surface area contributed by atoms with Crippen LogP contribution in [0.25, 0.3) is 0 Å². The van der Waals surface area contributed by atoms with E-state index >= 15 is 0 Å². The molecular weight excluding hydrogens is 210 g/mol. The van der Waals surface area contributed by atoms with Crippen LogP contribution in [-0.2, 0) is 9.53 Å². The molecule has 1 fully saturated rings. The van der Waals surface area contributed by atoms with Gasteiger partial charge in [0.1, 0.15) is 0 Å². The highest BCUT2D eigenvalue weighted by Crippen LogP contribution is 2.24. The number of carbonyl (C=O) groups excluding carboxylic acids is 1. The van der Waals surface area contributed by atoms with E-state index in [2.05, 4.69) is 0 Å². The molecule has 0 bridgehead atoms. The van der Waals surface area contributed by atoms with Crippen molar-refractivity contribution >= 4 is 17.7 Å². The summed E-state index contributed by atoms with van der Waals surface area (Å²) in [6.45, 7) is 1.91. The van der Waals surface area contributed by atoms with Gasteiger partial charge in [-0.3, -0.25) is 4.90 Å². The highest BCUT2D eigenvalue weighted by atomic mass is 16.6. The van der Waals surface area contributed by atoms with Crippen LogP contribution in [0.2, 0.25) is 0 Å². The second-order valence-electron chi connectivity index (χ2n) is 3.61. The molecule has 1 N–H and O–H groups in total. The van der Waals surface area contributed by atoms with Gasteiger partial charge in [-0.1, -0.05) is 18.2 Å². The number of anilines is 1. The highest BCUT2D eigenvalue weighted by Gasteiger charge is 2.37. The van der Waals surface area contributed by atoms with Crippen molar-refractivity contribution in [3.63, 3.8) is 0 Å². The minimum Gasteiger partial charge on any atom is -0.478 e. The van der Waals surface area contributed by atoms with E-state index < -0.39 is 18.2 Å². The summed E-state index contributed by atoms with van der Waals surface area (Å²) in [6.07, 6.45) is -1.69. The zero-order chi connectivity index (χ0) is 11.7. The molecule has 1 aromatic rings. The molecule has 0 aromatic heterocycles. The number of hydrogen-bond donors (Lipinski definition) is 1. The Bertz CT molecular complexity index is 443. The number of carbonyl (C=O) groups is 2. The minimum absolute atomic E-state index is 0.0546. The Hall–Kier alpha value is -2.04. The predicted molar refractivity (Wildman–Crippen MR) is 56.4 cm³/mol. The Labute approximate surface area is 92.2 Å². The fourth-order valence-electron chi connectivity index (χ4n) is 1.65. The summed E-state index contributed by atoms with van der Waals surface area (Å²) in [7, 11) is 0. The first-order valence-electron chi connectivity index (χ1n) is 4.86. The molecular formula is C11H11NO4. The number of rotatable bonds is 2. The van der Waals surface area contributed by atoms with Crippen LogP contribution >= 0.6 is 0 Å². The summed E-state index contributed by atoms with van der Waals surface area (Å²) in [6, 6.07) is 7.27. The van der Waals surface area contributed by atoms with Crippen LogP contribution in [0.1, 0.15) is 5.56 Å². The van der Waals surface area contributed by atoms with Crippen molar-refractivity contribution in [1.29, 1.82) is 0 Å². The molecule has 84 valence electrons. The molecule has 1 aromatic carbocycles. The Balaban J connectivity index is 2.27. The second-order valence-corrected chi connectivity index (χ2v) is 3.61. The fraction of sp³-hybridized carbons (Fsp3) is 0.273. The average Bonchev–Trinajstić information content (AvgIpc) is 2.61. The summed E-state index contributed by atoms with van der Waals surface area (Å²) < 4.78 is 4.73. The van der Waals surface area contributed by atoms with Crippen LogP contribution in [-0.4, -0.2) is 29.8 Å². The minimum atomic E-state index is -1.12. The van der Waals surface area contributed by atoms with Crippen molar-refractivity contribution in [1.82, 2.24) is 0 Å². The average molecular weight is 221 g/mol. The lowest BCUT2D eigenvalue weighted by molar-refractivity contribution is -0.144. The molecule has 0 spiro atoms. The van der Waals surface area contributed by atoms with Gasteiger partial charge in [0, 0.05) is 0 Å². The molecule has 0 radical (unpaired) electrons. The summed E-state index contributed by atoms with van der Waals surface area (Å²) >= 11 is 0. The first-order valence-corrected chi connectivity index (χ1v) is 4.86. The summed E-state index contributed by atoms with van der Waals surface area (Å²) in [5.41, 5.74) is 1.60. The van der Waals surface area contributed by atoms with E-state index in [0.717, 1.165) is 5.56 Å². The molecule has 0 saturated carbocycles. The smallest absolute Gasteiger partial charge is 0.415 e. The predicted octanol–water partition coefficient (Wildman–Crippen LogP) is 1.40. The Morgan fingerprint density at radius 3 is 2.75 bits per heavy atom. The number of nitrogens with zero attached hydrogens (tertiary/aromatic N) is 1. The molecule has 1 aliphatic heterocycles. The molecule has 1 atom stereocenters. The van der Waals surface area contributed by atoms with Crippen LogP contribution in [0.5, 0.6) is 0 Å². The van der Waals surface area contributed by atoms with Crippen LogP contribution < -0.4 is 4.90 Å². The van der Waals surface area contributed by atoms with E-state index in [0.29, 0.717) is 5.69 Å². The van der Waals surface area contributed by atoms with Gasteiger partial charge < -0.3 is 9.84 Å². The molecule has 1 heterocycles. The number of aliphatic carboxylic acids is 1. The number of cyclic esters (lactones) is 1. The van der Waals surface area contributed by atoms with Gasteiger partial charge >= 0.3 is 12.1 Å². The van der Waals surface area contributed by atoms with Crippen molar-refractivity contribution in [2.45, 2.75) is 13.0 Å². The van der Waals surface area contributed by atoms with Gasteiger partial charge in [0.25, 0.3) is 0 Å². The molecule has 1 aliphatic rings. The van der Waals surface area contributed by atoms with E-state index in [1.807, 2.05) is 19.1 Å². The van der Waals surface area contributed by atoms with Crippen molar-refractivity contribution in [3.8, 4) is 0 Å². The van der Waals surface area contributed by atoms with Crippen LogP contribution in [0.4, 0.5) is 10.5 Å². The van der Waals surface area contributed by atoms with E-state index in [4.69, 9.17) is 9.84 Å². The number of amides is 1. The van der Waals surface area contributed by atoms with Gasteiger partial charge in [0.2, 0.25) is 6.10 Å². The third kappa shape index (κ3) is 1.71. The zero-order valence-corrected chi connectivity index (χ0v) is 8.71. The van der Waals surface area contributed by atoms with Crippen molar-refractivity contribution in [2.24, 2.45) is 0 Å². The lowest BCUT2D eigenvalue weighted by atomic mass is 10.2. The maximum atomic E-state index is 11.5. The summed E-state index contributed by atoms with van der Waals surface area (Å²) in [5, 5.41) is 8.76. The van der Waals surface area contributed by atoms with Gasteiger partial charge in [0.15, 0.2) is 0 Å². The molecule has 0 aliphatic carbocycles. The SMILES string of the molecule is Cc1ccccc1N1C[C@H](C(=O)O)OC1=O. The number of carboxylic acids is 1. The maximum Gasteiger partial charge on any atom is 0.415 e. The maximum absolute atomic E-state index is 11.5. The quantitative estimate of drug-likeness (QED) is 0.819. The van der Waals surface area contributed by atoms with Gasteiger partial charge in [-0.2, -0.15) is 0 Å². The van der Waals surface area contributed by atoms with Crippen molar-refractivity contribution in [2.75, 3.05) is 11.4 Å². The number of hydrogen-bond acceptors (Lipinski definition) is 3. The lowest BCUT2D eigenvalue weighted by Crippen LogP contribution is -2.28. The Kier molecular flexibility index (Phi) is 2.52. The number of aryl methyl sites for hydroxylation is 1. The van der Waals surface area contributed by atoms with E-state index in [1.54, 1.807) is 12.1 Å². The van der Waals surface area contributed by atoms with Crippen molar-refractivity contribution in [3.05, 3.63) is 29.8 Å². The van der Waals surface area contributed by atoms with Crippen LogP contribution in [0.3, 0.4) is 0 Å². The van der Waals surface area contributed by atoms with Crippen LogP contribution in [0, 0.1) is 6.92 Å². The highest BCUT2D eigenvalue weighted by molar-refractivity contribution is 5.94. The largest absolute Gasteiger partial charge is 0.478 e. The third-order valence-corrected chi connectivity index (χ3v) is 2.49.